The lowest BCUT2D eigenvalue weighted by Crippen LogP contribution is -2.40. The van der Waals surface area contributed by atoms with Gasteiger partial charge in [0.15, 0.2) is 22.9 Å². The van der Waals surface area contributed by atoms with Crippen molar-refractivity contribution in [1.29, 1.82) is 0 Å². The second kappa shape index (κ2) is 15.4. The van der Waals surface area contributed by atoms with Crippen LogP contribution in [0, 0.1) is 10.1 Å². The highest BCUT2D eigenvalue weighted by molar-refractivity contribution is 7.07. The van der Waals surface area contributed by atoms with Crippen LogP contribution in [0.5, 0.6) is 17.2 Å². The number of nitrogens with zero attached hydrogens (tertiary/aromatic N) is 3. The lowest BCUT2D eigenvalue weighted by atomic mass is 9.95. The number of nitro benzene ring substituents is 1. The number of esters is 2. The second-order valence-electron chi connectivity index (χ2n) is 10.6. The first kappa shape index (κ1) is 34.6. The van der Waals surface area contributed by atoms with Crippen LogP contribution < -0.4 is 29.1 Å². The highest BCUT2D eigenvalue weighted by Gasteiger charge is 2.34. The summed E-state index contributed by atoms with van der Waals surface area (Å²) in [6.45, 7) is 5.42. The molecule has 0 saturated carbocycles. The summed E-state index contributed by atoms with van der Waals surface area (Å²) in [6, 6.07) is 17.4. The topological polar surface area (TPSA) is 158 Å². The summed E-state index contributed by atoms with van der Waals surface area (Å²) in [7, 11) is 1.26. The molecule has 0 saturated heterocycles. The van der Waals surface area contributed by atoms with Gasteiger partial charge in [0.05, 0.1) is 47.1 Å². The van der Waals surface area contributed by atoms with Crippen molar-refractivity contribution in [3.63, 3.8) is 0 Å². The first-order valence-electron chi connectivity index (χ1n) is 15.3. The number of rotatable bonds is 13. The van der Waals surface area contributed by atoms with Gasteiger partial charge in [0.25, 0.3) is 11.2 Å². The number of hydrogen-bond donors (Lipinski definition) is 0. The molecule has 0 bridgehead atoms. The minimum Gasteiger partial charge on any atom is -0.490 e. The van der Waals surface area contributed by atoms with Crippen molar-refractivity contribution in [2.45, 2.75) is 33.4 Å². The largest absolute Gasteiger partial charge is 0.490 e. The van der Waals surface area contributed by atoms with Gasteiger partial charge in [-0.15, -0.1) is 0 Å². The molecule has 3 aromatic carbocycles. The maximum atomic E-state index is 14.1. The summed E-state index contributed by atoms with van der Waals surface area (Å²) in [5, 5.41) is 11.1. The molecule has 13 nitrogen and oxygen atoms in total. The molecule has 1 aromatic heterocycles. The van der Waals surface area contributed by atoms with Crippen molar-refractivity contribution in [1.82, 2.24) is 4.57 Å². The lowest BCUT2D eigenvalue weighted by Gasteiger charge is -2.25. The predicted octanol–water partition coefficient (Wildman–Crippen LogP) is 4.24. The normalized spacial score (nSPS) is 14.0. The van der Waals surface area contributed by atoms with Crippen molar-refractivity contribution in [2.24, 2.45) is 4.99 Å². The molecule has 1 aliphatic heterocycles. The quantitative estimate of drug-likeness (QED) is 0.113. The molecule has 0 unspecified atom stereocenters. The van der Waals surface area contributed by atoms with Gasteiger partial charge in [0, 0.05) is 12.1 Å². The fourth-order valence-corrected chi connectivity index (χ4v) is 6.17. The molecule has 2 heterocycles. The molecular weight excluding hydrogens is 654 g/mol. The van der Waals surface area contributed by atoms with Crippen LogP contribution in [0.2, 0.25) is 0 Å². The van der Waals surface area contributed by atoms with E-state index in [1.807, 2.05) is 0 Å². The van der Waals surface area contributed by atoms with Gasteiger partial charge in [-0.3, -0.25) is 19.5 Å². The van der Waals surface area contributed by atoms with E-state index in [1.54, 1.807) is 81.4 Å². The molecule has 4 aromatic rings. The molecule has 14 heteroatoms. The van der Waals surface area contributed by atoms with Gasteiger partial charge in [0.2, 0.25) is 0 Å². The first-order chi connectivity index (χ1) is 23.6. The Labute approximate surface area is 284 Å². The summed E-state index contributed by atoms with van der Waals surface area (Å²) >= 11 is 1.18. The van der Waals surface area contributed by atoms with E-state index in [2.05, 4.69) is 9.73 Å². The van der Waals surface area contributed by atoms with E-state index in [4.69, 9.17) is 18.9 Å². The van der Waals surface area contributed by atoms with Crippen molar-refractivity contribution < 1.29 is 38.2 Å². The number of nitro groups is 1. The van der Waals surface area contributed by atoms with Crippen LogP contribution in [0.15, 0.2) is 87.8 Å². The highest BCUT2D eigenvalue weighted by Crippen LogP contribution is 2.36. The molecular formula is C35H33N3O10S. The lowest BCUT2D eigenvalue weighted by molar-refractivity contribution is -0.384. The zero-order valence-corrected chi connectivity index (χ0v) is 28.0. The van der Waals surface area contributed by atoms with Gasteiger partial charge in [-0.25, -0.2) is 14.6 Å². The van der Waals surface area contributed by atoms with Gasteiger partial charge < -0.3 is 23.7 Å². The number of hydrogen-bond acceptors (Lipinski definition) is 12. The number of benzene rings is 3. The average molecular weight is 688 g/mol. The molecule has 0 aliphatic carbocycles. The van der Waals surface area contributed by atoms with E-state index in [-0.39, 0.29) is 36.6 Å². The zero-order valence-electron chi connectivity index (χ0n) is 27.2. The van der Waals surface area contributed by atoms with Crippen molar-refractivity contribution in [3.05, 3.63) is 124 Å². The van der Waals surface area contributed by atoms with Gasteiger partial charge in [0.1, 0.15) is 12.4 Å². The predicted molar refractivity (Wildman–Crippen MR) is 179 cm³/mol. The highest BCUT2D eigenvalue weighted by atomic mass is 32.1. The van der Waals surface area contributed by atoms with E-state index in [0.717, 1.165) is 5.56 Å². The fraction of sp³-hybridized carbons (Fsp3) is 0.257. The number of methoxy groups -OCH3 is 1. The minimum atomic E-state index is -0.893. The average Bonchev–Trinajstić information content (AvgIpc) is 3.40. The van der Waals surface area contributed by atoms with E-state index in [1.165, 1.54) is 35.1 Å². The Hall–Kier alpha value is -5.76. The molecule has 5 rings (SSSR count). The van der Waals surface area contributed by atoms with Crippen molar-refractivity contribution >= 4 is 35.0 Å². The van der Waals surface area contributed by atoms with E-state index in [9.17, 15) is 24.5 Å². The summed E-state index contributed by atoms with van der Waals surface area (Å²) in [4.78, 5) is 54.7. The second-order valence-corrected chi connectivity index (χ2v) is 11.6. The number of fused-ring (bicyclic) bond motifs is 1. The Bertz CT molecular complexity index is 2100. The third-order valence-corrected chi connectivity index (χ3v) is 8.36. The Kier molecular flexibility index (Phi) is 10.9. The Morgan fingerprint density at radius 2 is 1.78 bits per heavy atom. The van der Waals surface area contributed by atoms with Gasteiger partial charge in [-0.2, -0.15) is 0 Å². The van der Waals surface area contributed by atoms with Crippen molar-refractivity contribution in [2.75, 3.05) is 26.9 Å². The Morgan fingerprint density at radius 3 is 2.47 bits per heavy atom. The summed E-state index contributed by atoms with van der Waals surface area (Å²) in [5.41, 5.74) is 2.16. The number of aromatic nitrogens is 1. The first-order valence-corrected chi connectivity index (χ1v) is 16.1. The molecule has 1 aliphatic rings. The third kappa shape index (κ3) is 7.87. The van der Waals surface area contributed by atoms with Crippen LogP contribution in [0.3, 0.4) is 0 Å². The molecule has 0 fully saturated rings. The molecule has 0 radical (unpaired) electrons. The van der Waals surface area contributed by atoms with Crippen LogP contribution >= 0.6 is 11.3 Å². The number of carbonyl (C=O) groups is 2. The maximum Gasteiger partial charge on any atom is 0.343 e. The smallest absolute Gasteiger partial charge is 0.343 e. The van der Waals surface area contributed by atoms with Crippen LogP contribution in [0.25, 0.3) is 6.08 Å². The Morgan fingerprint density at radius 1 is 1.00 bits per heavy atom. The number of thiazole rings is 1. The number of non-ortho nitro benzene ring substituents is 1. The van der Waals surface area contributed by atoms with Crippen LogP contribution in [-0.4, -0.2) is 48.4 Å². The molecule has 0 spiro atoms. The van der Waals surface area contributed by atoms with Gasteiger partial charge in [-0.05, 0) is 67.8 Å². The molecule has 0 amide bonds. The van der Waals surface area contributed by atoms with Crippen LogP contribution in [0.4, 0.5) is 5.69 Å². The van der Waals surface area contributed by atoms with Crippen molar-refractivity contribution in [3.8, 4) is 17.2 Å². The van der Waals surface area contributed by atoms with Gasteiger partial charge >= 0.3 is 11.9 Å². The van der Waals surface area contributed by atoms with E-state index in [0.29, 0.717) is 50.0 Å². The fourth-order valence-electron chi connectivity index (χ4n) is 5.12. The van der Waals surface area contributed by atoms with Crippen LogP contribution in [-0.2, 0) is 25.7 Å². The molecule has 0 N–H and O–H groups in total. The molecule has 1 atom stereocenters. The summed E-state index contributed by atoms with van der Waals surface area (Å²) in [6.07, 6.45) is 1.73. The summed E-state index contributed by atoms with van der Waals surface area (Å²) in [5.74, 6) is -0.0166. The van der Waals surface area contributed by atoms with Crippen LogP contribution in [0.1, 0.15) is 43.5 Å². The third-order valence-electron chi connectivity index (χ3n) is 7.38. The standard InChI is InChI=1S/C35H33N3O10S/c1-5-45-28-18-24(12-15-27(28)48-20-30(39)44-4)32-31(34(41)46-6-2)21(3)36-35-37(32)33(40)29(49-35)17-22-10-13-26(14-11-22)47-19-23-8-7-9-25(16-23)38(42)43/h7-18,32H,5-6,19-20H2,1-4H3/b29-17-/t32-/m0/s1. The summed E-state index contributed by atoms with van der Waals surface area (Å²) < 4.78 is 29.1. The zero-order chi connectivity index (χ0) is 35.1. The molecule has 254 valence electrons. The number of allylic oxidation sites excluding steroid dienone is 1. The van der Waals surface area contributed by atoms with E-state index < -0.39 is 22.9 Å². The minimum absolute atomic E-state index is 0.0128. The Balaban J connectivity index is 1.49. The monoisotopic (exact) mass is 687 g/mol. The van der Waals surface area contributed by atoms with E-state index >= 15 is 0 Å². The maximum absolute atomic E-state index is 14.1. The number of carbonyl (C=O) groups excluding carboxylic acids is 2. The SMILES string of the molecule is CCOC(=O)C1=C(C)N=c2s/c(=C\c3ccc(OCc4cccc([N+](=O)[O-])c4)cc3)c(=O)n2[C@H]1c1ccc(OCC(=O)OC)c(OCC)c1. The molecule has 49 heavy (non-hydrogen) atoms. The van der Waals surface area contributed by atoms with Gasteiger partial charge in [-0.1, -0.05) is 41.7 Å². The number of ether oxygens (including phenoxy) is 5.